The Kier molecular flexibility index (Phi) is 3.91. The minimum atomic E-state index is -0.517. The molecular formula is C11H11N3O4S. The number of aryl methyl sites for hydroxylation is 1. The number of anilines is 1. The minimum Gasteiger partial charge on any atom is -0.461 e. The van der Waals surface area contributed by atoms with Crippen molar-refractivity contribution < 1.29 is 18.8 Å². The number of hydrogen-bond donors (Lipinski definition) is 1. The molecule has 2 heterocycles. The van der Waals surface area contributed by atoms with Crippen molar-refractivity contribution in [1.29, 1.82) is 0 Å². The fourth-order valence-electron chi connectivity index (χ4n) is 1.26. The van der Waals surface area contributed by atoms with Crippen LogP contribution in [-0.2, 0) is 4.74 Å². The van der Waals surface area contributed by atoms with Crippen LogP contribution in [0.5, 0.6) is 0 Å². The molecule has 0 bridgehead atoms. The van der Waals surface area contributed by atoms with Crippen molar-refractivity contribution in [2.45, 2.75) is 13.8 Å². The van der Waals surface area contributed by atoms with E-state index in [-0.39, 0.29) is 18.0 Å². The zero-order chi connectivity index (χ0) is 13.8. The zero-order valence-corrected chi connectivity index (χ0v) is 11.1. The van der Waals surface area contributed by atoms with Crippen LogP contribution in [0.4, 0.5) is 5.13 Å². The van der Waals surface area contributed by atoms with Gasteiger partial charge in [-0.05, 0) is 13.8 Å². The molecule has 8 heteroatoms. The zero-order valence-electron chi connectivity index (χ0n) is 10.3. The maximum absolute atomic E-state index is 11.7. The molecule has 0 saturated carbocycles. The first-order valence-corrected chi connectivity index (χ1v) is 6.35. The lowest BCUT2D eigenvalue weighted by Gasteiger charge is -1.97. The number of aromatic nitrogens is 2. The average Bonchev–Trinajstić information content (AvgIpc) is 2.98. The number of ether oxygens (including phenoxy) is 1. The lowest BCUT2D eigenvalue weighted by Crippen LogP contribution is -2.12. The van der Waals surface area contributed by atoms with Gasteiger partial charge in [0.15, 0.2) is 16.5 Å². The predicted octanol–water partition coefficient (Wildman–Crippen LogP) is 1.87. The van der Waals surface area contributed by atoms with Crippen LogP contribution in [0.15, 0.2) is 16.0 Å². The molecule has 0 aliphatic heterocycles. The maximum Gasteiger partial charge on any atom is 0.357 e. The van der Waals surface area contributed by atoms with E-state index in [9.17, 15) is 9.59 Å². The van der Waals surface area contributed by atoms with Crippen molar-refractivity contribution in [3.8, 4) is 0 Å². The van der Waals surface area contributed by atoms with Crippen LogP contribution < -0.4 is 5.32 Å². The highest BCUT2D eigenvalue weighted by atomic mass is 32.1. The van der Waals surface area contributed by atoms with Crippen LogP contribution in [0, 0.1) is 6.92 Å². The third-order valence-electron chi connectivity index (χ3n) is 2.07. The summed E-state index contributed by atoms with van der Waals surface area (Å²) in [7, 11) is 0. The molecule has 19 heavy (non-hydrogen) atoms. The van der Waals surface area contributed by atoms with E-state index in [1.54, 1.807) is 13.8 Å². The fourth-order valence-corrected chi connectivity index (χ4v) is 1.94. The molecule has 0 unspecified atom stereocenters. The number of hydrogen-bond acceptors (Lipinski definition) is 7. The highest BCUT2D eigenvalue weighted by molar-refractivity contribution is 7.14. The second-order valence-corrected chi connectivity index (χ2v) is 4.39. The number of amides is 1. The van der Waals surface area contributed by atoms with Gasteiger partial charge < -0.3 is 9.26 Å². The quantitative estimate of drug-likeness (QED) is 0.860. The molecule has 1 amide bonds. The standard InChI is InChI=1S/C11H11N3O4S/c1-3-17-10(16)8-5-19-11(12-8)13-9(15)7-4-6(2)18-14-7/h4-5H,3H2,1-2H3,(H,12,13,15). The average molecular weight is 281 g/mol. The number of esters is 1. The molecular weight excluding hydrogens is 270 g/mol. The van der Waals surface area contributed by atoms with Gasteiger partial charge in [0.2, 0.25) is 0 Å². The Hall–Kier alpha value is -2.22. The molecule has 2 rings (SSSR count). The van der Waals surface area contributed by atoms with Crippen LogP contribution in [0.3, 0.4) is 0 Å². The lowest BCUT2D eigenvalue weighted by atomic mass is 10.4. The van der Waals surface area contributed by atoms with Gasteiger partial charge in [-0.15, -0.1) is 11.3 Å². The lowest BCUT2D eigenvalue weighted by molar-refractivity contribution is 0.0520. The molecule has 0 aromatic carbocycles. The van der Waals surface area contributed by atoms with Crippen LogP contribution in [0.1, 0.15) is 33.7 Å². The molecule has 2 aromatic rings. The third kappa shape index (κ3) is 3.16. The Morgan fingerprint density at radius 3 is 2.89 bits per heavy atom. The Bertz CT molecular complexity index is 605. The first kappa shape index (κ1) is 13.2. The van der Waals surface area contributed by atoms with E-state index in [1.807, 2.05) is 0 Å². The summed E-state index contributed by atoms with van der Waals surface area (Å²) in [5.74, 6) is -0.422. The van der Waals surface area contributed by atoms with Gasteiger partial charge in [-0.1, -0.05) is 5.16 Å². The smallest absolute Gasteiger partial charge is 0.357 e. The first-order valence-electron chi connectivity index (χ1n) is 5.47. The van der Waals surface area contributed by atoms with E-state index >= 15 is 0 Å². The highest BCUT2D eigenvalue weighted by Gasteiger charge is 2.15. The maximum atomic E-state index is 11.7. The SMILES string of the molecule is CCOC(=O)c1csc(NC(=O)c2cc(C)on2)n1. The molecule has 0 radical (unpaired) electrons. The first-order chi connectivity index (χ1) is 9.10. The Labute approximate surface area is 112 Å². The fraction of sp³-hybridized carbons (Fsp3) is 0.273. The number of rotatable bonds is 4. The van der Waals surface area contributed by atoms with E-state index in [0.29, 0.717) is 10.9 Å². The number of nitrogens with zero attached hydrogens (tertiary/aromatic N) is 2. The van der Waals surface area contributed by atoms with Gasteiger partial charge in [-0.2, -0.15) is 0 Å². The molecule has 0 spiro atoms. The van der Waals surface area contributed by atoms with Crippen LogP contribution >= 0.6 is 11.3 Å². The molecule has 0 saturated heterocycles. The van der Waals surface area contributed by atoms with Crippen LogP contribution in [0.2, 0.25) is 0 Å². The summed E-state index contributed by atoms with van der Waals surface area (Å²) in [6, 6.07) is 1.51. The van der Waals surface area contributed by atoms with Crippen molar-refractivity contribution >= 4 is 28.3 Å². The summed E-state index contributed by atoms with van der Waals surface area (Å²) in [5, 5.41) is 7.92. The molecule has 2 aromatic heterocycles. The number of thiazole rings is 1. The largest absolute Gasteiger partial charge is 0.461 e. The van der Waals surface area contributed by atoms with E-state index in [2.05, 4.69) is 15.5 Å². The van der Waals surface area contributed by atoms with Crippen molar-refractivity contribution in [3.63, 3.8) is 0 Å². The van der Waals surface area contributed by atoms with Gasteiger partial charge in [0.25, 0.3) is 5.91 Å². The van der Waals surface area contributed by atoms with Gasteiger partial charge in [-0.3, -0.25) is 10.1 Å². The van der Waals surface area contributed by atoms with E-state index in [1.165, 1.54) is 11.4 Å². The molecule has 0 aliphatic rings. The van der Waals surface area contributed by atoms with E-state index < -0.39 is 11.9 Å². The summed E-state index contributed by atoms with van der Waals surface area (Å²) in [6.45, 7) is 3.67. The highest BCUT2D eigenvalue weighted by Crippen LogP contribution is 2.17. The van der Waals surface area contributed by atoms with Crippen molar-refractivity contribution in [2.75, 3.05) is 11.9 Å². The molecule has 0 fully saturated rings. The van der Waals surface area contributed by atoms with Crippen molar-refractivity contribution in [3.05, 3.63) is 28.6 Å². The summed E-state index contributed by atoms with van der Waals surface area (Å²) in [6.07, 6.45) is 0. The Balaban J connectivity index is 2.04. The molecule has 1 N–H and O–H groups in total. The monoisotopic (exact) mass is 281 g/mol. The summed E-state index contributed by atoms with van der Waals surface area (Å²) in [4.78, 5) is 27.1. The Morgan fingerprint density at radius 1 is 1.47 bits per heavy atom. The van der Waals surface area contributed by atoms with Crippen molar-refractivity contribution in [2.24, 2.45) is 0 Å². The Morgan fingerprint density at radius 2 is 2.26 bits per heavy atom. The van der Waals surface area contributed by atoms with E-state index in [4.69, 9.17) is 9.26 Å². The number of carbonyl (C=O) groups is 2. The van der Waals surface area contributed by atoms with Crippen LogP contribution in [-0.4, -0.2) is 28.6 Å². The topological polar surface area (TPSA) is 94.3 Å². The summed E-state index contributed by atoms with van der Waals surface area (Å²) >= 11 is 1.13. The van der Waals surface area contributed by atoms with Gasteiger partial charge in [-0.25, -0.2) is 9.78 Å². The minimum absolute atomic E-state index is 0.158. The molecule has 0 aliphatic carbocycles. The second-order valence-electron chi connectivity index (χ2n) is 3.54. The van der Waals surface area contributed by atoms with Gasteiger partial charge in [0.05, 0.1) is 6.61 Å². The normalized spacial score (nSPS) is 10.2. The van der Waals surface area contributed by atoms with Crippen LogP contribution in [0.25, 0.3) is 0 Å². The molecule has 7 nitrogen and oxygen atoms in total. The summed E-state index contributed by atoms with van der Waals surface area (Å²) in [5.41, 5.74) is 0.323. The third-order valence-corrected chi connectivity index (χ3v) is 2.83. The second kappa shape index (κ2) is 5.61. The molecule has 0 atom stereocenters. The summed E-state index contributed by atoms with van der Waals surface area (Å²) < 4.78 is 9.60. The predicted molar refractivity (Wildman–Crippen MR) is 67.3 cm³/mol. The van der Waals surface area contributed by atoms with Crippen molar-refractivity contribution in [1.82, 2.24) is 10.1 Å². The number of carbonyl (C=O) groups excluding carboxylic acids is 2. The van der Waals surface area contributed by atoms with E-state index in [0.717, 1.165) is 11.3 Å². The van der Waals surface area contributed by atoms with Gasteiger partial charge in [0.1, 0.15) is 5.76 Å². The van der Waals surface area contributed by atoms with Gasteiger partial charge in [0, 0.05) is 11.4 Å². The molecule has 100 valence electrons. The number of nitrogens with one attached hydrogen (secondary N) is 1. The van der Waals surface area contributed by atoms with Gasteiger partial charge >= 0.3 is 5.97 Å².